The van der Waals surface area contributed by atoms with Crippen LogP contribution in [0, 0.1) is 0 Å². The minimum Gasteiger partial charge on any atom is -0.493 e. The van der Waals surface area contributed by atoms with E-state index < -0.39 is 5.76 Å². The number of nitrogens with one attached hydrogen (secondary N) is 1. The fourth-order valence-electron chi connectivity index (χ4n) is 1.32. The molecule has 0 unspecified atom stereocenters. The summed E-state index contributed by atoms with van der Waals surface area (Å²) in [5.41, 5.74) is 0.635. The van der Waals surface area contributed by atoms with E-state index >= 15 is 0 Å². The van der Waals surface area contributed by atoms with Crippen LogP contribution in [0.2, 0.25) is 0 Å². The highest BCUT2D eigenvalue weighted by Gasteiger charge is 2.09. The SMILES string of the molecule is COc1ccc(-c2n[nH]c(=O)o2)cc1OC. The molecule has 1 N–H and O–H groups in total. The Morgan fingerprint density at radius 2 is 2.00 bits per heavy atom. The van der Waals surface area contributed by atoms with Crippen LogP contribution in [0.3, 0.4) is 0 Å². The predicted octanol–water partition coefficient (Wildman–Crippen LogP) is 1.05. The smallest absolute Gasteiger partial charge is 0.434 e. The molecule has 2 aromatic rings. The van der Waals surface area contributed by atoms with Crippen molar-refractivity contribution in [2.45, 2.75) is 0 Å². The van der Waals surface area contributed by atoms with E-state index in [1.807, 2.05) is 0 Å². The number of hydrogen-bond donors (Lipinski definition) is 1. The predicted molar refractivity (Wildman–Crippen MR) is 55.7 cm³/mol. The Labute approximate surface area is 90.8 Å². The van der Waals surface area contributed by atoms with Crippen molar-refractivity contribution in [1.29, 1.82) is 0 Å². The van der Waals surface area contributed by atoms with E-state index in [9.17, 15) is 4.79 Å². The lowest BCUT2D eigenvalue weighted by atomic mass is 10.2. The number of ether oxygens (including phenoxy) is 2. The van der Waals surface area contributed by atoms with Crippen LogP contribution in [-0.2, 0) is 0 Å². The van der Waals surface area contributed by atoms with Crippen molar-refractivity contribution in [3.8, 4) is 23.0 Å². The second-order valence-corrected chi connectivity index (χ2v) is 2.99. The van der Waals surface area contributed by atoms with E-state index in [1.165, 1.54) is 7.11 Å². The number of methoxy groups -OCH3 is 2. The first-order valence-corrected chi connectivity index (χ1v) is 4.52. The Hall–Kier alpha value is -2.24. The van der Waals surface area contributed by atoms with Crippen molar-refractivity contribution < 1.29 is 13.9 Å². The molecule has 1 aromatic heterocycles. The second kappa shape index (κ2) is 4.09. The van der Waals surface area contributed by atoms with Gasteiger partial charge in [0.25, 0.3) is 0 Å². The minimum absolute atomic E-state index is 0.214. The number of aromatic nitrogens is 2. The first-order valence-electron chi connectivity index (χ1n) is 4.52. The van der Waals surface area contributed by atoms with Gasteiger partial charge in [0.2, 0.25) is 5.89 Å². The topological polar surface area (TPSA) is 77.4 Å². The molecule has 16 heavy (non-hydrogen) atoms. The van der Waals surface area contributed by atoms with Crippen molar-refractivity contribution in [2.24, 2.45) is 0 Å². The van der Waals surface area contributed by atoms with Crippen LogP contribution in [0.5, 0.6) is 11.5 Å². The Balaban J connectivity index is 2.47. The third-order valence-electron chi connectivity index (χ3n) is 2.07. The Kier molecular flexibility index (Phi) is 2.63. The van der Waals surface area contributed by atoms with Gasteiger partial charge in [0.15, 0.2) is 11.5 Å². The molecule has 0 aliphatic carbocycles. The largest absolute Gasteiger partial charge is 0.493 e. The number of H-pyrrole nitrogens is 1. The Bertz CT molecular complexity index is 544. The molecule has 0 fully saturated rings. The quantitative estimate of drug-likeness (QED) is 0.839. The molecule has 0 saturated heterocycles. The number of rotatable bonds is 3. The fraction of sp³-hybridized carbons (Fsp3) is 0.200. The van der Waals surface area contributed by atoms with E-state index in [0.717, 1.165) is 0 Å². The van der Waals surface area contributed by atoms with Crippen molar-refractivity contribution in [3.63, 3.8) is 0 Å². The molecular formula is C10H10N2O4. The van der Waals surface area contributed by atoms with E-state index in [4.69, 9.17) is 13.9 Å². The van der Waals surface area contributed by atoms with E-state index in [1.54, 1.807) is 25.3 Å². The third kappa shape index (κ3) is 1.77. The summed E-state index contributed by atoms with van der Waals surface area (Å²) in [5.74, 6) is 0.769. The highest BCUT2D eigenvalue weighted by Crippen LogP contribution is 2.30. The van der Waals surface area contributed by atoms with Crippen LogP contribution in [0.4, 0.5) is 0 Å². The molecule has 84 valence electrons. The van der Waals surface area contributed by atoms with Gasteiger partial charge >= 0.3 is 5.76 Å². The van der Waals surface area contributed by atoms with Gasteiger partial charge in [0, 0.05) is 5.56 Å². The van der Waals surface area contributed by atoms with Gasteiger partial charge in [0.1, 0.15) is 0 Å². The molecule has 0 saturated carbocycles. The van der Waals surface area contributed by atoms with Crippen molar-refractivity contribution in [1.82, 2.24) is 10.2 Å². The molecule has 1 aromatic carbocycles. The summed E-state index contributed by atoms with van der Waals surface area (Å²) < 4.78 is 15.0. The molecule has 0 radical (unpaired) electrons. The van der Waals surface area contributed by atoms with Crippen LogP contribution >= 0.6 is 0 Å². The summed E-state index contributed by atoms with van der Waals surface area (Å²) in [6, 6.07) is 5.11. The van der Waals surface area contributed by atoms with E-state index in [2.05, 4.69) is 10.2 Å². The molecule has 1 heterocycles. The minimum atomic E-state index is -0.593. The monoisotopic (exact) mass is 222 g/mol. The van der Waals surface area contributed by atoms with Crippen molar-refractivity contribution in [3.05, 3.63) is 28.7 Å². The van der Waals surface area contributed by atoms with Crippen molar-refractivity contribution in [2.75, 3.05) is 14.2 Å². The summed E-state index contributed by atoms with van der Waals surface area (Å²) in [6.07, 6.45) is 0. The lowest BCUT2D eigenvalue weighted by Crippen LogP contribution is -1.93. The summed E-state index contributed by atoms with van der Waals surface area (Å²) in [5, 5.41) is 5.91. The summed E-state index contributed by atoms with van der Waals surface area (Å²) >= 11 is 0. The molecule has 0 atom stereocenters. The molecular weight excluding hydrogens is 212 g/mol. The number of hydrogen-bond acceptors (Lipinski definition) is 5. The molecule has 0 amide bonds. The lowest BCUT2D eigenvalue weighted by Gasteiger charge is -2.07. The number of aromatic amines is 1. The van der Waals surface area contributed by atoms with Gasteiger partial charge in [-0.1, -0.05) is 0 Å². The van der Waals surface area contributed by atoms with Gasteiger partial charge in [-0.25, -0.2) is 9.89 Å². The first kappa shape index (κ1) is 10.3. The second-order valence-electron chi connectivity index (χ2n) is 2.99. The summed E-state index contributed by atoms with van der Waals surface area (Å²) in [4.78, 5) is 10.8. The molecule has 0 bridgehead atoms. The van der Waals surface area contributed by atoms with Gasteiger partial charge in [-0.3, -0.25) is 0 Å². The van der Waals surface area contributed by atoms with E-state index in [-0.39, 0.29) is 5.89 Å². The van der Waals surface area contributed by atoms with Gasteiger partial charge in [-0.05, 0) is 18.2 Å². The number of nitrogens with zero attached hydrogens (tertiary/aromatic N) is 1. The van der Waals surface area contributed by atoms with Crippen LogP contribution in [0.15, 0.2) is 27.4 Å². The van der Waals surface area contributed by atoms with Gasteiger partial charge in [0.05, 0.1) is 14.2 Å². The number of benzene rings is 1. The van der Waals surface area contributed by atoms with Crippen molar-refractivity contribution >= 4 is 0 Å². The highest BCUT2D eigenvalue weighted by atomic mass is 16.5. The van der Waals surface area contributed by atoms with Crippen LogP contribution < -0.4 is 15.2 Å². The maximum atomic E-state index is 10.8. The molecule has 6 nitrogen and oxygen atoms in total. The zero-order chi connectivity index (χ0) is 11.5. The average Bonchev–Trinajstić information content (AvgIpc) is 2.75. The molecule has 0 spiro atoms. The maximum Gasteiger partial charge on any atom is 0.434 e. The van der Waals surface area contributed by atoms with Crippen LogP contribution in [0.25, 0.3) is 11.5 Å². The molecule has 0 aliphatic rings. The third-order valence-corrected chi connectivity index (χ3v) is 2.07. The highest BCUT2D eigenvalue weighted by molar-refractivity contribution is 5.59. The van der Waals surface area contributed by atoms with Gasteiger partial charge in [-0.15, -0.1) is 5.10 Å². The van der Waals surface area contributed by atoms with Gasteiger partial charge < -0.3 is 13.9 Å². The molecule has 6 heteroatoms. The first-order chi connectivity index (χ1) is 7.74. The van der Waals surface area contributed by atoms with E-state index in [0.29, 0.717) is 17.1 Å². The normalized spacial score (nSPS) is 10.1. The molecule has 2 rings (SSSR count). The lowest BCUT2D eigenvalue weighted by molar-refractivity contribution is 0.355. The molecule has 0 aliphatic heterocycles. The fourth-order valence-corrected chi connectivity index (χ4v) is 1.32. The van der Waals surface area contributed by atoms with Crippen LogP contribution in [0.1, 0.15) is 0 Å². The average molecular weight is 222 g/mol. The Morgan fingerprint density at radius 3 is 2.56 bits per heavy atom. The standard InChI is InChI=1S/C10H10N2O4/c1-14-7-4-3-6(5-8(7)15-2)9-11-12-10(13)16-9/h3-5H,1-2H3,(H,12,13). The zero-order valence-corrected chi connectivity index (χ0v) is 8.81. The Morgan fingerprint density at radius 1 is 1.25 bits per heavy atom. The van der Waals surface area contributed by atoms with Gasteiger partial charge in [-0.2, -0.15) is 0 Å². The zero-order valence-electron chi connectivity index (χ0n) is 8.81. The summed E-state index contributed by atoms with van der Waals surface area (Å²) in [6.45, 7) is 0. The summed E-state index contributed by atoms with van der Waals surface area (Å²) in [7, 11) is 3.08. The maximum absolute atomic E-state index is 10.8. The van der Waals surface area contributed by atoms with Crippen LogP contribution in [-0.4, -0.2) is 24.4 Å².